The highest BCUT2D eigenvalue weighted by atomic mass is 35.5. The summed E-state index contributed by atoms with van der Waals surface area (Å²) < 4.78 is 0. The van der Waals surface area contributed by atoms with Crippen LogP contribution in [-0.4, -0.2) is 34.2 Å². The normalized spacial score (nSPS) is 13.8. The topological polar surface area (TPSA) is 68.9 Å². The van der Waals surface area contributed by atoms with Crippen LogP contribution in [0.2, 0.25) is 5.02 Å². The molecule has 2 atom stereocenters. The molecule has 1 rings (SSSR count). The van der Waals surface area contributed by atoms with Crippen LogP contribution in [0.3, 0.4) is 0 Å². The molecule has 0 fully saturated rings. The number of aliphatic hydroxyl groups is 1. The van der Waals surface area contributed by atoms with E-state index in [2.05, 4.69) is 10.3 Å². The van der Waals surface area contributed by atoms with E-state index in [1.165, 1.54) is 6.20 Å². The van der Waals surface area contributed by atoms with Crippen LogP contribution in [-0.2, 0) is 0 Å². The number of rotatable bonds is 5. The maximum absolute atomic E-state index is 9.18. The second kappa shape index (κ2) is 6.70. The Labute approximate surface area is 110 Å². The number of hydrogen-bond acceptors (Lipinski definition) is 5. The summed E-state index contributed by atoms with van der Waals surface area (Å²) in [6, 6.07) is 3.57. The largest absolute Gasteiger partial charge is 0.395 e. The van der Waals surface area contributed by atoms with Gasteiger partial charge >= 0.3 is 0 Å². The predicted octanol–water partition coefficient (Wildman–Crippen LogP) is 2.13. The van der Waals surface area contributed by atoms with Crippen molar-refractivity contribution in [2.75, 3.05) is 18.2 Å². The van der Waals surface area contributed by atoms with Gasteiger partial charge < -0.3 is 10.4 Å². The molecule has 0 aliphatic rings. The van der Waals surface area contributed by atoms with Gasteiger partial charge in [-0.1, -0.05) is 11.6 Å². The van der Waals surface area contributed by atoms with Crippen molar-refractivity contribution in [1.29, 1.82) is 5.26 Å². The first-order chi connectivity index (χ1) is 8.13. The van der Waals surface area contributed by atoms with Gasteiger partial charge in [0.15, 0.2) is 0 Å². The Morgan fingerprint density at radius 3 is 2.94 bits per heavy atom. The molecule has 0 aliphatic heterocycles. The molecule has 0 aliphatic carbocycles. The zero-order valence-electron chi connectivity index (χ0n) is 9.64. The fourth-order valence-corrected chi connectivity index (χ4v) is 2.21. The molecular weight excluding hydrogens is 258 g/mol. The monoisotopic (exact) mass is 271 g/mol. The summed E-state index contributed by atoms with van der Waals surface area (Å²) in [5, 5.41) is 21.5. The lowest BCUT2D eigenvalue weighted by Crippen LogP contribution is -2.31. The average Bonchev–Trinajstić information content (AvgIpc) is 2.33. The van der Waals surface area contributed by atoms with Crippen molar-refractivity contribution in [2.24, 2.45) is 0 Å². The first-order valence-corrected chi connectivity index (χ1v) is 6.75. The van der Waals surface area contributed by atoms with Crippen LogP contribution in [0.5, 0.6) is 0 Å². The summed E-state index contributed by atoms with van der Waals surface area (Å²) in [6.45, 7) is 2.01. The minimum atomic E-state index is 0.00828. The Morgan fingerprint density at radius 1 is 1.71 bits per heavy atom. The van der Waals surface area contributed by atoms with Gasteiger partial charge in [0.1, 0.15) is 16.9 Å². The summed E-state index contributed by atoms with van der Waals surface area (Å²) in [6.07, 6.45) is 3.46. The van der Waals surface area contributed by atoms with Gasteiger partial charge in [-0.05, 0) is 19.2 Å². The summed E-state index contributed by atoms with van der Waals surface area (Å²) >= 11 is 7.59. The second-order valence-corrected chi connectivity index (χ2v) is 4.98. The molecule has 0 bridgehead atoms. The van der Waals surface area contributed by atoms with Crippen LogP contribution in [0.25, 0.3) is 0 Å². The number of nitrogens with one attached hydrogen (secondary N) is 1. The van der Waals surface area contributed by atoms with Gasteiger partial charge in [0.2, 0.25) is 0 Å². The number of aromatic nitrogens is 1. The number of hydrogen-bond donors (Lipinski definition) is 2. The maximum Gasteiger partial charge on any atom is 0.146 e. The third-order valence-corrected chi connectivity index (χ3v) is 3.96. The van der Waals surface area contributed by atoms with Crippen LogP contribution in [0.4, 0.5) is 5.82 Å². The highest BCUT2D eigenvalue weighted by Gasteiger charge is 2.17. The van der Waals surface area contributed by atoms with Crippen molar-refractivity contribution in [1.82, 2.24) is 4.98 Å². The maximum atomic E-state index is 9.18. The van der Waals surface area contributed by atoms with Crippen LogP contribution in [0.15, 0.2) is 12.3 Å². The number of thioether (sulfide) groups is 1. The Morgan fingerprint density at radius 2 is 2.41 bits per heavy atom. The van der Waals surface area contributed by atoms with Gasteiger partial charge in [0, 0.05) is 17.5 Å². The molecule has 1 aromatic heterocycles. The van der Waals surface area contributed by atoms with Crippen molar-refractivity contribution in [3.63, 3.8) is 0 Å². The molecule has 4 nitrogen and oxygen atoms in total. The molecule has 0 saturated heterocycles. The minimum absolute atomic E-state index is 0.00828. The van der Waals surface area contributed by atoms with Gasteiger partial charge in [0.25, 0.3) is 0 Å². The summed E-state index contributed by atoms with van der Waals surface area (Å²) in [4.78, 5) is 4.09. The van der Waals surface area contributed by atoms with Gasteiger partial charge in [-0.3, -0.25) is 0 Å². The molecular formula is C11H14ClN3OS. The first-order valence-electron chi connectivity index (χ1n) is 5.08. The Bertz CT molecular complexity index is 418. The summed E-state index contributed by atoms with van der Waals surface area (Å²) in [5.41, 5.74) is 0.390. The molecule has 2 unspecified atom stereocenters. The number of aliphatic hydroxyl groups excluding tert-OH is 1. The lowest BCUT2D eigenvalue weighted by Gasteiger charge is -2.22. The molecule has 2 N–H and O–H groups in total. The zero-order valence-corrected chi connectivity index (χ0v) is 11.2. The first kappa shape index (κ1) is 14.1. The van der Waals surface area contributed by atoms with Crippen molar-refractivity contribution >= 4 is 29.2 Å². The third kappa shape index (κ3) is 3.50. The van der Waals surface area contributed by atoms with Gasteiger partial charge in [-0.25, -0.2) is 4.98 Å². The fourth-order valence-electron chi connectivity index (χ4n) is 1.38. The van der Waals surface area contributed by atoms with E-state index < -0.39 is 0 Å². The standard InChI is InChI=1S/C11H14ClN3OS/c1-7(9(6-16)17-2)15-11-10(12)8(5-13)3-4-14-11/h3-4,7,9,16H,6H2,1-2H3,(H,14,15). The van der Waals surface area contributed by atoms with Crippen molar-refractivity contribution < 1.29 is 5.11 Å². The molecule has 0 spiro atoms. The molecule has 1 heterocycles. The SMILES string of the molecule is CSC(CO)C(C)Nc1nccc(C#N)c1Cl. The lowest BCUT2D eigenvalue weighted by atomic mass is 10.2. The average molecular weight is 272 g/mol. The molecule has 0 aromatic carbocycles. The number of halogens is 1. The van der Waals surface area contributed by atoms with Gasteiger partial charge in [-0.15, -0.1) is 0 Å². The third-order valence-electron chi connectivity index (χ3n) is 2.41. The Hall–Kier alpha value is -0.960. The van der Waals surface area contributed by atoms with Crippen LogP contribution in [0, 0.1) is 11.3 Å². The molecule has 0 amide bonds. The zero-order chi connectivity index (χ0) is 12.8. The number of nitriles is 1. The van der Waals surface area contributed by atoms with Gasteiger partial charge in [-0.2, -0.15) is 17.0 Å². The van der Waals surface area contributed by atoms with Crippen LogP contribution < -0.4 is 5.32 Å². The highest BCUT2D eigenvalue weighted by Crippen LogP contribution is 2.24. The van der Waals surface area contributed by atoms with E-state index in [1.807, 2.05) is 19.2 Å². The molecule has 92 valence electrons. The quantitative estimate of drug-likeness (QED) is 0.859. The minimum Gasteiger partial charge on any atom is -0.395 e. The van der Waals surface area contributed by atoms with Crippen LogP contribution >= 0.6 is 23.4 Å². The van der Waals surface area contributed by atoms with E-state index >= 15 is 0 Å². The van der Waals surface area contributed by atoms with Crippen molar-refractivity contribution in [3.05, 3.63) is 22.8 Å². The smallest absolute Gasteiger partial charge is 0.146 e. The van der Waals surface area contributed by atoms with Crippen molar-refractivity contribution in [3.8, 4) is 6.07 Å². The fraction of sp³-hybridized carbons (Fsp3) is 0.455. The van der Waals surface area contributed by atoms with E-state index in [4.69, 9.17) is 16.9 Å². The molecule has 1 aromatic rings. The molecule has 0 radical (unpaired) electrons. The van der Waals surface area contributed by atoms with E-state index in [1.54, 1.807) is 17.8 Å². The Balaban J connectivity index is 2.85. The summed E-state index contributed by atoms with van der Waals surface area (Å²) in [7, 11) is 0. The number of nitrogens with zero attached hydrogens (tertiary/aromatic N) is 2. The highest BCUT2D eigenvalue weighted by molar-refractivity contribution is 7.99. The van der Waals surface area contributed by atoms with E-state index in [9.17, 15) is 5.11 Å². The molecule has 0 saturated carbocycles. The lowest BCUT2D eigenvalue weighted by molar-refractivity contribution is 0.288. The second-order valence-electron chi connectivity index (χ2n) is 3.52. The van der Waals surface area contributed by atoms with Gasteiger partial charge in [0.05, 0.1) is 12.2 Å². The Kier molecular flexibility index (Phi) is 5.56. The van der Waals surface area contributed by atoms with E-state index in [-0.39, 0.29) is 17.9 Å². The van der Waals surface area contributed by atoms with E-state index in [0.717, 1.165) is 0 Å². The predicted molar refractivity (Wildman–Crippen MR) is 71.4 cm³/mol. The molecule has 17 heavy (non-hydrogen) atoms. The molecule has 6 heteroatoms. The summed E-state index contributed by atoms with van der Waals surface area (Å²) in [5.74, 6) is 0.478. The van der Waals surface area contributed by atoms with Crippen LogP contribution in [0.1, 0.15) is 12.5 Å². The van der Waals surface area contributed by atoms with Crippen molar-refractivity contribution in [2.45, 2.75) is 18.2 Å². The number of anilines is 1. The number of pyridine rings is 1. The van der Waals surface area contributed by atoms with E-state index in [0.29, 0.717) is 16.4 Å².